The molecule has 6 nitrogen and oxygen atoms in total. The topological polar surface area (TPSA) is 80.9 Å². The molecular formula is C24H30N4O2. The highest BCUT2D eigenvalue weighted by Crippen LogP contribution is 2.23. The van der Waals surface area contributed by atoms with E-state index >= 15 is 0 Å². The van der Waals surface area contributed by atoms with Gasteiger partial charge in [-0.1, -0.05) is 57.9 Å². The number of pyridine rings is 1. The van der Waals surface area contributed by atoms with Crippen molar-refractivity contribution >= 4 is 5.97 Å². The molecule has 0 saturated heterocycles. The molecule has 2 heterocycles. The lowest BCUT2D eigenvalue weighted by Crippen LogP contribution is -2.07. The lowest BCUT2D eigenvalue weighted by Gasteiger charge is -2.08. The molecule has 0 aliphatic rings. The number of unbranched alkanes of at least 4 members (excludes halogenated alkanes) is 2. The van der Waals surface area contributed by atoms with E-state index in [0.29, 0.717) is 18.2 Å². The molecule has 0 fully saturated rings. The molecule has 1 unspecified atom stereocenters. The van der Waals surface area contributed by atoms with Gasteiger partial charge in [-0.2, -0.15) is 5.10 Å². The fraction of sp³-hybridized carbons (Fsp3) is 0.417. The van der Waals surface area contributed by atoms with Crippen LogP contribution in [0.25, 0.3) is 11.3 Å². The molecule has 0 aliphatic heterocycles. The largest absolute Gasteiger partial charge is 0.478 e. The van der Waals surface area contributed by atoms with Gasteiger partial charge in [0.15, 0.2) is 5.82 Å². The zero-order chi connectivity index (χ0) is 21.5. The summed E-state index contributed by atoms with van der Waals surface area (Å²) >= 11 is 0. The molecule has 3 rings (SSSR count). The van der Waals surface area contributed by atoms with Gasteiger partial charge in [0, 0.05) is 24.1 Å². The van der Waals surface area contributed by atoms with Crippen LogP contribution in [0.4, 0.5) is 0 Å². The molecule has 1 aromatic carbocycles. The van der Waals surface area contributed by atoms with Crippen LogP contribution in [0, 0.1) is 0 Å². The maximum Gasteiger partial charge on any atom is 0.337 e. The predicted octanol–water partition coefficient (Wildman–Crippen LogP) is 5.33. The third kappa shape index (κ3) is 5.12. The van der Waals surface area contributed by atoms with Gasteiger partial charge >= 0.3 is 5.97 Å². The first-order valence-corrected chi connectivity index (χ1v) is 10.7. The lowest BCUT2D eigenvalue weighted by atomic mass is 10.0. The van der Waals surface area contributed by atoms with Gasteiger partial charge in [0.25, 0.3) is 0 Å². The van der Waals surface area contributed by atoms with Crippen LogP contribution in [0.3, 0.4) is 0 Å². The Kier molecular flexibility index (Phi) is 7.33. The smallest absolute Gasteiger partial charge is 0.337 e. The molecule has 1 N–H and O–H groups in total. The number of aryl methyl sites for hydroxylation is 1. The summed E-state index contributed by atoms with van der Waals surface area (Å²) in [6, 6.07) is 11.1. The molecule has 0 spiro atoms. The lowest BCUT2D eigenvalue weighted by molar-refractivity contribution is 0.0697. The Morgan fingerprint density at radius 1 is 1.13 bits per heavy atom. The number of carboxylic acids is 1. The third-order valence-electron chi connectivity index (χ3n) is 5.42. The molecule has 158 valence electrons. The molecule has 0 radical (unpaired) electrons. The van der Waals surface area contributed by atoms with E-state index in [-0.39, 0.29) is 5.56 Å². The number of rotatable bonds is 10. The van der Waals surface area contributed by atoms with E-state index in [1.165, 1.54) is 12.8 Å². The number of nitrogens with zero attached hydrogens (tertiary/aromatic N) is 4. The highest BCUT2D eigenvalue weighted by atomic mass is 16.4. The summed E-state index contributed by atoms with van der Waals surface area (Å²) in [5.41, 5.74) is 2.58. The number of aromatic carboxylic acids is 1. The van der Waals surface area contributed by atoms with Crippen molar-refractivity contribution in [2.45, 2.75) is 65.3 Å². The van der Waals surface area contributed by atoms with Crippen molar-refractivity contribution in [3.05, 3.63) is 65.4 Å². The second-order valence-corrected chi connectivity index (χ2v) is 7.71. The molecule has 6 heteroatoms. The summed E-state index contributed by atoms with van der Waals surface area (Å²) in [6.07, 6.45) is 7.06. The minimum atomic E-state index is -0.973. The Morgan fingerprint density at radius 2 is 1.90 bits per heavy atom. The average molecular weight is 407 g/mol. The van der Waals surface area contributed by atoms with Gasteiger partial charge in [0.1, 0.15) is 5.82 Å². The molecule has 0 saturated carbocycles. The van der Waals surface area contributed by atoms with Crippen LogP contribution < -0.4 is 0 Å². The molecule has 0 aliphatic carbocycles. The van der Waals surface area contributed by atoms with Crippen molar-refractivity contribution in [2.24, 2.45) is 0 Å². The SMILES string of the molecule is CCCCCc1nc(C(C)CC)nn1Cc1ccc(-c2ncccc2C(=O)O)cc1. The van der Waals surface area contributed by atoms with Gasteiger partial charge in [-0.3, -0.25) is 4.98 Å². The molecule has 30 heavy (non-hydrogen) atoms. The van der Waals surface area contributed by atoms with E-state index in [2.05, 4.69) is 25.8 Å². The third-order valence-corrected chi connectivity index (χ3v) is 5.42. The molecule has 0 bridgehead atoms. The van der Waals surface area contributed by atoms with Crippen molar-refractivity contribution in [1.82, 2.24) is 19.7 Å². The summed E-state index contributed by atoms with van der Waals surface area (Å²) in [4.78, 5) is 20.6. The number of carbonyl (C=O) groups is 1. The van der Waals surface area contributed by atoms with Gasteiger partial charge < -0.3 is 5.11 Å². The van der Waals surface area contributed by atoms with Crippen LogP contribution in [0.15, 0.2) is 42.6 Å². The molecule has 3 aromatic rings. The Balaban J connectivity index is 1.83. The van der Waals surface area contributed by atoms with Crippen molar-refractivity contribution in [3.8, 4) is 11.3 Å². The molecule has 2 aromatic heterocycles. The van der Waals surface area contributed by atoms with Gasteiger partial charge in [-0.25, -0.2) is 14.5 Å². The van der Waals surface area contributed by atoms with Crippen molar-refractivity contribution in [1.29, 1.82) is 0 Å². The Hall–Kier alpha value is -3.02. The first-order valence-electron chi connectivity index (χ1n) is 10.7. The predicted molar refractivity (Wildman–Crippen MR) is 118 cm³/mol. The molecular weight excluding hydrogens is 376 g/mol. The van der Waals surface area contributed by atoms with Gasteiger partial charge in [0.2, 0.25) is 0 Å². The maximum atomic E-state index is 11.5. The molecule has 1 atom stereocenters. The second kappa shape index (κ2) is 10.1. The summed E-state index contributed by atoms with van der Waals surface area (Å²) in [5.74, 6) is 1.33. The Morgan fingerprint density at radius 3 is 2.57 bits per heavy atom. The second-order valence-electron chi connectivity index (χ2n) is 7.71. The zero-order valence-corrected chi connectivity index (χ0v) is 18.0. The minimum absolute atomic E-state index is 0.206. The first kappa shape index (κ1) is 21.7. The summed E-state index contributed by atoms with van der Waals surface area (Å²) in [5, 5.41) is 14.2. The van der Waals surface area contributed by atoms with Crippen molar-refractivity contribution in [2.75, 3.05) is 0 Å². The van der Waals surface area contributed by atoms with E-state index in [1.54, 1.807) is 18.3 Å². The highest BCUT2D eigenvalue weighted by molar-refractivity contribution is 5.94. The van der Waals surface area contributed by atoms with Gasteiger partial charge in [0.05, 0.1) is 17.8 Å². The first-order chi connectivity index (χ1) is 14.5. The molecule has 0 amide bonds. The summed E-state index contributed by atoms with van der Waals surface area (Å²) < 4.78 is 2.02. The fourth-order valence-electron chi connectivity index (χ4n) is 3.38. The summed E-state index contributed by atoms with van der Waals surface area (Å²) in [7, 11) is 0. The van der Waals surface area contributed by atoms with E-state index < -0.39 is 5.97 Å². The van der Waals surface area contributed by atoms with E-state index in [1.807, 2.05) is 28.9 Å². The van der Waals surface area contributed by atoms with Gasteiger partial charge in [-0.15, -0.1) is 0 Å². The average Bonchev–Trinajstić information content (AvgIpc) is 3.16. The van der Waals surface area contributed by atoms with Crippen LogP contribution in [0.2, 0.25) is 0 Å². The Bertz CT molecular complexity index is 979. The monoisotopic (exact) mass is 406 g/mol. The van der Waals surface area contributed by atoms with Crippen molar-refractivity contribution in [3.63, 3.8) is 0 Å². The number of aromatic nitrogens is 4. The van der Waals surface area contributed by atoms with Crippen LogP contribution in [0.5, 0.6) is 0 Å². The van der Waals surface area contributed by atoms with Crippen LogP contribution >= 0.6 is 0 Å². The summed E-state index contributed by atoms with van der Waals surface area (Å²) in [6.45, 7) is 7.18. The highest BCUT2D eigenvalue weighted by Gasteiger charge is 2.15. The minimum Gasteiger partial charge on any atom is -0.478 e. The number of benzene rings is 1. The number of carboxylic acid groups (broad SMARTS) is 1. The fourth-order valence-corrected chi connectivity index (χ4v) is 3.38. The van der Waals surface area contributed by atoms with Crippen LogP contribution in [-0.2, 0) is 13.0 Å². The van der Waals surface area contributed by atoms with Crippen molar-refractivity contribution < 1.29 is 9.90 Å². The van der Waals surface area contributed by atoms with E-state index in [9.17, 15) is 9.90 Å². The van der Waals surface area contributed by atoms with Gasteiger partial charge in [-0.05, 0) is 30.5 Å². The number of hydrogen-bond donors (Lipinski definition) is 1. The van der Waals surface area contributed by atoms with Crippen LogP contribution in [0.1, 0.15) is 79.9 Å². The van der Waals surface area contributed by atoms with E-state index in [0.717, 1.165) is 42.0 Å². The Labute approximate surface area is 178 Å². The standard InChI is InChI=1S/C24H30N4O2/c1-4-6-7-10-21-26-23(17(3)5-2)27-28(21)16-18-11-13-19(14-12-18)22-20(24(29)30)9-8-15-25-22/h8-9,11-15,17H,4-7,10,16H2,1-3H3,(H,29,30). The zero-order valence-electron chi connectivity index (χ0n) is 18.0. The quantitative estimate of drug-likeness (QED) is 0.460. The van der Waals surface area contributed by atoms with Crippen LogP contribution in [-0.4, -0.2) is 30.8 Å². The number of hydrogen-bond acceptors (Lipinski definition) is 4. The normalized spacial score (nSPS) is 12.1. The van der Waals surface area contributed by atoms with E-state index in [4.69, 9.17) is 10.1 Å². The maximum absolute atomic E-state index is 11.5.